The van der Waals surface area contributed by atoms with Crippen molar-refractivity contribution in [3.8, 4) is 0 Å². The highest BCUT2D eigenvalue weighted by Crippen LogP contribution is 2.87. The number of hydrogen-bond donors (Lipinski definition) is 1. The number of carbonyl (C=O) groups excluding carboxylic acids is 2. The van der Waals surface area contributed by atoms with Gasteiger partial charge in [0.05, 0.1) is 11.0 Å². The molecule has 1 spiro atoms. The number of ether oxygens (including phenoxy) is 2. The van der Waals surface area contributed by atoms with Crippen LogP contribution < -0.4 is 5.73 Å². The molecule has 2 heterocycles. The molecule has 0 radical (unpaired) electrons. The first kappa shape index (κ1) is 30.7. The minimum atomic E-state index is -0.887. The SMILES string of the molecule is CCC[C@H]1[C@@]23C(=O)O/C(=C\CCC4CCCCC4)[C@@]2(CCC2=C3CC[C@H]3[C@@H](C)CC=C[C@@H]23)[C@]12OC(=O)c1c(CCCN)cccc12. The molecule has 0 unspecified atom stereocenters. The van der Waals surface area contributed by atoms with Gasteiger partial charge in [-0.2, -0.15) is 0 Å². The van der Waals surface area contributed by atoms with Gasteiger partial charge in [0.15, 0.2) is 5.60 Å². The van der Waals surface area contributed by atoms with E-state index in [1.807, 2.05) is 0 Å². The van der Waals surface area contributed by atoms with Crippen molar-refractivity contribution in [1.82, 2.24) is 0 Å². The van der Waals surface area contributed by atoms with Gasteiger partial charge in [-0.1, -0.05) is 93.9 Å². The summed E-state index contributed by atoms with van der Waals surface area (Å²) in [6, 6.07) is 6.32. The monoisotopic (exact) mass is 623 g/mol. The van der Waals surface area contributed by atoms with E-state index in [1.54, 1.807) is 0 Å². The third-order valence-corrected chi connectivity index (χ3v) is 13.9. The molecule has 1 saturated heterocycles. The van der Waals surface area contributed by atoms with Crippen LogP contribution in [0.2, 0.25) is 0 Å². The number of carbonyl (C=O) groups is 2. The van der Waals surface area contributed by atoms with Gasteiger partial charge in [0, 0.05) is 17.4 Å². The summed E-state index contributed by atoms with van der Waals surface area (Å²) in [7, 11) is 0. The van der Waals surface area contributed by atoms with Gasteiger partial charge >= 0.3 is 11.9 Å². The van der Waals surface area contributed by atoms with Crippen molar-refractivity contribution in [1.29, 1.82) is 0 Å². The van der Waals surface area contributed by atoms with Crippen molar-refractivity contribution in [2.75, 3.05) is 6.54 Å². The van der Waals surface area contributed by atoms with Gasteiger partial charge in [-0.3, -0.25) is 4.79 Å². The third-order valence-electron chi connectivity index (χ3n) is 13.9. The number of cyclic esters (lactones) is 1. The molecule has 2 aliphatic heterocycles. The van der Waals surface area contributed by atoms with E-state index in [1.165, 1.54) is 43.3 Å². The Morgan fingerprint density at radius 1 is 1.07 bits per heavy atom. The van der Waals surface area contributed by atoms with Crippen LogP contribution in [0.3, 0.4) is 0 Å². The molecule has 3 fully saturated rings. The predicted molar refractivity (Wildman–Crippen MR) is 180 cm³/mol. The Hall–Kier alpha value is -2.66. The number of nitrogens with two attached hydrogens (primary N) is 1. The highest BCUT2D eigenvalue weighted by molar-refractivity contribution is 6.00. The molecule has 5 heteroatoms. The van der Waals surface area contributed by atoms with Gasteiger partial charge in [0.1, 0.15) is 11.2 Å². The average molecular weight is 624 g/mol. The summed E-state index contributed by atoms with van der Waals surface area (Å²) in [5, 5.41) is 0. The van der Waals surface area contributed by atoms with E-state index in [2.05, 4.69) is 50.3 Å². The Kier molecular flexibility index (Phi) is 7.66. The van der Waals surface area contributed by atoms with Crippen molar-refractivity contribution in [2.24, 2.45) is 46.2 Å². The topological polar surface area (TPSA) is 78.6 Å². The lowest BCUT2D eigenvalue weighted by Gasteiger charge is -2.71. The van der Waals surface area contributed by atoms with E-state index >= 15 is 0 Å². The zero-order valence-corrected chi connectivity index (χ0v) is 28.1. The van der Waals surface area contributed by atoms with E-state index in [-0.39, 0.29) is 17.9 Å². The summed E-state index contributed by atoms with van der Waals surface area (Å²) >= 11 is 0. The standard InChI is InChI=1S/C41H53NO4/c1-3-11-34-40-32-22-21-29-26(2)12-7-18-30(29)31(32)23-24-39(40,35(45-38(40)44)20-8-15-27-13-5-4-6-14-27)41(34)33-19-9-16-28(17-10-25-42)36(33)37(43)46-41/h7,9,16,18-20,26-27,29-30,34H,3-6,8,10-15,17,21-25,42H2,1-2H3/b35-20-/t26-,29-,30+,34-,39+,40-,41+/m0/s1. The molecule has 5 nitrogen and oxygen atoms in total. The van der Waals surface area contributed by atoms with E-state index in [9.17, 15) is 9.59 Å². The van der Waals surface area contributed by atoms with Crippen LogP contribution in [-0.2, 0) is 26.3 Å². The van der Waals surface area contributed by atoms with Gasteiger partial charge in [-0.05, 0) is 100 Å². The maximum atomic E-state index is 14.9. The molecule has 7 aliphatic rings. The van der Waals surface area contributed by atoms with Crippen molar-refractivity contribution in [3.05, 3.63) is 70.0 Å². The second kappa shape index (κ2) is 11.5. The number of fused-ring (bicyclic) bond motifs is 4. The molecule has 246 valence electrons. The lowest BCUT2D eigenvalue weighted by molar-refractivity contribution is -0.277. The van der Waals surface area contributed by atoms with Crippen molar-refractivity contribution < 1.29 is 19.1 Å². The fourth-order valence-corrected chi connectivity index (χ4v) is 12.2. The molecule has 5 aliphatic carbocycles. The van der Waals surface area contributed by atoms with Crippen LogP contribution in [0, 0.1) is 40.4 Å². The van der Waals surface area contributed by atoms with Gasteiger partial charge in [0.25, 0.3) is 0 Å². The van der Waals surface area contributed by atoms with E-state index in [0.29, 0.717) is 24.3 Å². The van der Waals surface area contributed by atoms with E-state index < -0.39 is 16.4 Å². The maximum Gasteiger partial charge on any atom is 0.339 e. The molecule has 8 rings (SSSR count). The molecule has 2 saturated carbocycles. The highest BCUT2D eigenvalue weighted by Gasteiger charge is 2.92. The van der Waals surface area contributed by atoms with Crippen molar-refractivity contribution >= 4 is 11.9 Å². The number of aryl methyl sites for hydroxylation is 1. The third kappa shape index (κ3) is 3.84. The highest BCUT2D eigenvalue weighted by atomic mass is 16.6. The number of allylic oxidation sites excluding steroid dienone is 4. The van der Waals surface area contributed by atoms with Gasteiger partial charge in [-0.15, -0.1) is 0 Å². The lowest BCUT2D eigenvalue weighted by Crippen LogP contribution is -2.77. The summed E-state index contributed by atoms with van der Waals surface area (Å²) < 4.78 is 13.6. The predicted octanol–water partition coefficient (Wildman–Crippen LogP) is 8.86. The van der Waals surface area contributed by atoms with Crippen LogP contribution in [0.25, 0.3) is 0 Å². The first-order chi connectivity index (χ1) is 22.5. The zero-order chi connectivity index (χ0) is 31.7. The first-order valence-corrected chi connectivity index (χ1v) is 18.8. The number of hydrogen-bond acceptors (Lipinski definition) is 5. The molecule has 1 aromatic carbocycles. The number of esters is 2. The quantitative estimate of drug-likeness (QED) is 0.231. The number of benzene rings is 1. The molecule has 2 N–H and O–H groups in total. The number of rotatable bonds is 8. The summed E-state index contributed by atoms with van der Waals surface area (Å²) in [5.74, 6) is 2.85. The van der Waals surface area contributed by atoms with Crippen LogP contribution in [0.1, 0.15) is 132 Å². The second-order valence-electron chi connectivity index (χ2n) is 15.8. The van der Waals surface area contributed by atoms with Crippen LogP contribution in [0.15, 0.2) is 53.3 Å². The normalized spacial score (nSPS) is 38.5. The van der Waals surface area contributed by atoms with Gasteiger partial charge < -0.3 is 15.2 Å². The molecule has 46 heavy (non-hydrogen) atoms. The first-order valence-electron chi connectivity index (χ1n) is 18.8. The molecule has 0 aromatic heterocycles. The Balaban J connectivity index is 1.31. The fraction of sp³-hybridized carbons (Fsp3) is 0.659. The second-order valence-corrected chi connectivity index (χ2v) is 15.8. The Morgan fingerprint density at radius 2 is 1.91 bits per heavy atom. The molecule has 0 bridgehead atoms. The summed E-state index contributed by atoms with van der Waals surface area (Å²) in [4.78, 5) is 29.1. The summed E-state index contributed by atoms with van der Waals surface area (Å²) in [5.41, 5.74) is 9.21. The van der Waals surface area contributed by atoms with Crippen molar-refractivity contribution in [2.45, 2.75) is 122 Å². The Morgan fingerprint density at radius 3 is 2.72 bits per heavy atom. The smallest absolute Gasteiger partial charge is 0.339 e. The Labute approximate surface area is 275 Å². The lowest BCUT2D eigenvalue weighted by atomic mass is 9.28. The zero-order valence-electron chi connectivity index (χ0n) is 28.1. The average Bonchev–Trinajstić information content (AvgIpc) is 3.52. The molecule has 7 atom stereocenters. The molecular formula is C41H53NO4. The van der Waals surface area contributed by atoms with Crippen molar-refractivity contribution in [3.63, 3.8) is 0 Å². The van der Waals surface area contributed by atoms with Crippen LogP contribution in [0.4, 0.5) is 0 Å². The minimum absolute atomic E-state index is 0.0669. The van der Waals surface area contributed by atoms with E-state index in [0.717, 1.165) is 99.0 Å². The van der Waals surface area contributed by atoms with Crippen LogP contribution in [0.5, 0.6) is 0 Å². The Bertz CT molecular complexity index is 1510. The largest absolute Gasteiger partial charge is 0.449 e. The van der Waals surface area contributed by atoms with Gasteiger partial charge in [-0.25, -0.2) is 4.79 Å². The molecule has 1 aromatic rings. The minimum Gasteiger partial charge on any atom is -0.449 e. The molecular weight excluding hydrogens is 570 g/mol. The fourth-order valence-electron chi connectivity index (χ4n) is 12.2. The van der Waals surface area contributed by atoms with E-state index in [4.69, 9.17) is 15.2 Å². The summed E-state index contributed by atoms with van der Waals surface area (Å²) in [6.45, 7) is 5.20. The maximum absolute atomic E-state index is 14.9. The van der Waals surface area contributed by atoms with Gasteiger partial charge in [0.2, 0.25) is 0 Å². The van der Waals surface area contributed by atoms with Crippen LogP contribution >= 0.6 is 0 Å². The van der Waals surface area contributed by atoms with Crippen LogP contribution in [-0.4, -0.2) is 18.5 Å². The summed E-state index contributed by atoms with van der Waals surface area (Å²) in [6.07, 6.45) is 24.1. The molecule has 0 amide bonds.